The van der Waals surface area contributed by atoms with Crippen LogP contribution in [0.1, 0.15) is 68.3 Å². The van der Waals surface area contributed by atoms with Crippen molar-refractivity contribution in [2.45, 2.75) is 57.8 Å². The van der Waals surface area contributed by atoms with Gasteiger partial charge >= 0.3 is 6.03 Å². The predicted molar refractivity (Wildman–Crippen MR) is 124 cm³/mol. The molecule has 2 atom stereocenters. The van der Waals surface area contributed by atoms with Crippen LogP contribution in [0.4, 0.5) is 20.6 Å². The number of tetrazole rings is 1. The third-order valence-electron chi connectivity index (χ3n) is 5.74. The molecule has 0 unspecified atom stereocenters. The molecule has 1 heterocycles. The standard InChI is InChI=1S/C24H29FN6O2/c1-3-5-8-15-12-16(17-14-18(17)23-28-30-31-29-23)13-21(22(15)33-11-4-2)27-24(32)26-20-10-7-6-9-19(20)25/h6-7,9-10,12-13,17-18H,3-5,8,11,14H2,1-2H3,(H2,26,27,32)(H,28,29,30,31)/t17-,18+/m0/s1. The van der Waals surface area contributed by atoms with Crippen LogP contribution >= 0.6 is 0 Å². The SMILES string of the molecule is CCCCc1cc([C@@H]2C[C@H]2c2nnn[nH]2)cc(NC(=O)Nc2ccccc2F)c1OCCC. The van der Waals surface area contributed by atoms with Crippen molar-refractivity contribution in [3.8, 4) is 5.75 Å². The minimum atomic E-state index is -0.521. The van der Waals surface area contributed by atoms with Crippen molar-refractivity contribution in [3.63, 3.8) is 0 Å². The average Bonchev–Trinajstić information content (AvgIpc) is 3.42. The molecule has 8 nitrogen and oxygen atoms in total. The number of hydrogen-bond acceptors (Lipinski definition) is 5. The molecule has 0 spiro atoms. The van der Waals surface area contributed by atoms with E-state index in [0.29, 0.717) is 18.0 Å². The second-order valence-corrected chi connectivity index (χ2v) is 8.30. The number of carbonyl (C=O) groups excluding carboxylic acids is 1. The van der Waals surface area contributed by atoms with E-state index in [-0.39, 0.29) is 17.5 Å². The van der Waals surface area contributed by atoms with Gasteiger partial charge in [-0.2, -0.15) is 0 Å². The number of ether oxygens (including phenoxy) is 1. The first-order chi connectivity index (χ1) is 16.1. The van der Waals surface area contributed by atoms with Crippen LogP contribution < -0.4 is 15.4 Å². The molecule has 2 amide bonds. The Morgan fingerprint density at radius 3 is 2.70 bits per heavy atom. The number of rotatable bonds is 10. The van der Waals surface area contributed by atoms with E-state index in [1.165, 1.54) is 12.1 Å². The van der Waals surface area contributed by atoms with Gasteiger partial charge in [0.15, 0.2) is 5.82 Å². The Morgan fingerprint density at radius 2 is 1.97 bits per heavy atom. The number of H-pyrrole nitrogens is 1. The molecular formula is C24H29FN6O2. The summed E-state index contributed by atoms with van der Waals surface area (Å²) in [6, 6.07) is 9.68. The molecular weight excluding hydrogens is 423 g/mol. The van der Waals surface area contributed by atoms with Crippen LogP contribution in [0, 0.1) is 5.82 Å². The quantitative estimate of drug-likeness (QED) is 0.383. The molecule has 9 heteroatoms. The van der Waals surface area contributed by atoms with Crippen LogP contribution in [0.2, 0.25) is 0 Å². The second kappa shape index (κ2) is 10.4. The van der Waals surface area contributed by atoms with Crippen molar-refractivity contribution in [1.29, 1.82) is 0 Å². The topological polar surface area (TPSA) is 105 Å². The summed E-state index contributed by atoms with van der Waals surface area (Å²) >= 11 is 0. The summed E-state index contributed by atoms with van der Waals surface area (Å²) in [7, 11) is 0. The number of anilines is 2. The molecule has 3 aromatic rings. The Hall–Kier alpha value is -3.49. The average molecular weight is 453 g/mol. The highest BCUT2D eigenvalue weighted by molar-refractivity contribution is 6.01. The number of carbonyl (C=O) groups is 1. The summed E-state index contributed by atoms with van der Waals surface area (Å²) in [5.74, 6) is 1.44. The van der Waals surface area contributed by atoms with Gasteiger partial charge in [0.25, 0.3) is 0 Å². The van der Waals surface area contributed by atoms with Gasteiger partial charge in [-0.15, -0.1) is 5.10 Å². The zero-order valence-corrected chi connectivity index (χ0v) is 18.9. The van der Waals surface area contributed by atoms with E-state index >= 15 is 0 Å². The smallest absolute Gasteiger partial charge is 0.323 e. The number of aromatic nitrogens is 4. The van der Waals surface area contributed by atoms with E-state index in [9.17, 15) is 9.18 Å². The fourth-order valence-electron chi connectivity index (χ4n) is 3.98. The fraction of sp³-hybridized carbons (Fsp3) is 0.417. The van der Waals surface area contributed by atoms with E-state index in [0.717, 1.165) is 49.1 Å². The van der Waals surface area contributed by atoms with Gasteiger partial charge in [0.1, 0.15) is 11.6 Å². The monoisotopic (exact) mass is 452 g/mol. The third kappa shape index (κ3) is 5.47. The van der Waals surface area contributed by atoms with Crippen molar-refractivity contribution < 1.29 is 13.9 Å². The number of para-hydroxylation sites is 1. The number of amides is 2. The van der Waals surface area contributed by atoms with Crippen LogP contribution in [-0.4, -0.2) is 33.3 Å². The van der Waals surface area contributed by atoms with Crippen molar-refractivity contribution in [2.75, 3.05) is 17.2 Å². The largest absolute Gasteiger partial charge is 0.491 e. The lowest BCUT2D eigenvalue weighted by Crippen LogP contribution is -2.21. The number of benzene rings is 2. The Balaban J connectivity index is 1.63. The molecule has 3 N–H and O–H groups in total. The molecule has 0 bridgehead atoms. The zero-order valence-electron chi connectivity index (χ0n) is 18.9. The maximum atomic E-state index is 14.0. The Morgan fingerprint density at radius 1 is 1.15 bits per heavy atom. The molecule has 1 aliphatic rings. The molecule has 1 aromatic heterocycles. The van der Waals surface area contributed by atoms with Crippen LogP contribution in [0.15, 0.2) is 36.4 Å². The first-order valence-corrected chi connectivity index (χ1v) is 11.5. The lowest BCUT2D eigenvalue weighted by molar-refractivity contribution is 0.261. The molecule has 174 valence electrons. The molecule has 0 aliphatic heterocycles. The van der Waals surface area contributed by atoms with Crippen LogP contribution in [0.25, 0.3) is 0 Å². The van der Waals surface area contributed by atoms with E-state index in [1.807, 2.05) is 13.0 Å². The number of aryl methyl sites for hydroxylation is 1. The summed E-state index contributed by atoms with van der Waals surface area (Å²) in [6.07, 6.45) is 4.67. The fourth-order valence-corrected chi connectivity index (χ4v) is 3.98. The molecule has 0 radical (unpaired) electrons. The molecule has 1 saturated carbocycles. The minimum Gasteiger partial charge on any atom is -0.491 e. The Bertz CT molecular complexity index is 1090. The summed E-state index contributed by atoms with van der Waals surface area (Å²) in [4.78, 5) is 12.8. The highest BCUT2D eigenvalue weighted by atomic mass is 19.1. The van der Waals surface area contributed by atoms with Gasteiger partial charge in [0, 0.05) is 5.92 Å². The number of aromatic amines is 1. The summed E-state index contributed by atoms with van der Waals surface area (Å²) in [5.41, 5.74) is 2.87. The van der Waals surface area contributed by atoms with Crippen molar-refractivity contribution >= 4 is 17.4 Å². The molecule has 1 fully saturated rings. The van der Waals surface area contributed by atoms with Gasteiger partial charge in [0.2, 0.25) is 0 Å². The number of unbranched alkanes of at least 4 members (excludes halogenated alkanes) is 1. The number of hydrogen-bond donors (Lipinski definition) is 3. The molecule has 0 saturated heterocycles. The van der Waals surface area contributed by atoms with Gasteiger partial charge in [-0.25, -0.2) is 14.3 Å². The van der Waals surface area contributed by atoms with Crippen LogP contribution in [-0.2, 0) is 6.42 Å². The first kappa shape index (κ1) is 22.7. The maximum absolute atomic E-state index is 14.0. The Kier molecular flexibility index (Phi) is 7.16. The molecule has 33 heavy (non-hydrogen) atoms. The normalized spacial score (nSPS) is 16.9. The lowest BCUT2D eigenvalue weighted by atomic mass is 9.99. The number of nitrogens with zero attached hydrogens (tertiary/aromatic N) is 3. The summed E-state index contributed by atoms with van der Waals surface area (Å²) < 4.78 is 20.1. The highest BCUT2D eigenvalue weighted by Crippen LogP contribution is 2.54. The number of halogens is 1. The summed E-state index contributed by atoms with van der Waals surface area (Å²) in [6.45, 7) is 4.72. The molecule has 4 rings (SSSR count). The van der Waals surface area contributed by atoms with Crippen molar-refractivity contribution in [2.24, 2.45) is 0 Å². The molecule has 2 aromatic carbocycles. The Labute approximate surface area is 192 Å². The van der Waals surface area contributed by atoms with Crippen LogP contribution in [0.3, 0.4) is 0 Å². The second-order valence-electron chi connectivity index (χ2n) is 8.30. The predicted octanol–water partition coefficient (Wildman–Crippen LogP) is 5.39. The zero-order chi connectivity index (χ0) is 23.2. The molecule has 1 aliphatic carbocycles. The van der Waals surface area contributed by atoms with Gasteiger partial charge in [-0.05, 0) is 71.4 Å². The van der Waals surface area contributed by atoms with Gasteiger partial charge in [-0.1, -0.05) is 38.5 Å². The van der Waals surface area contributed by atoms with E-state index in [1.54, 1.807) is 12.1 Å². The van der Waals surface area contributed by atoms with Crippen LogP contribution in [0.5, 0.6) is 5.75 Å². The van der Waals surface area contributed by atoms with Crippen molar-refractivity contribution in [3.05, 3.63) is 59.2 Å². The van der Waals surface area contributed by atoms with E-state index < -0.39 is 11.8 Å². The lowest BCUT2D eigenvalue weighted by Gasteiger charge is -2.19. The van der Waals surface area contributed by atoms with Crippen molar-refractivity contribution in [1.82, 2.24) is 20.6 Å². The third-order valence-corrected chi connectivity index (χ3v) is 5.74. The minimum absolute atomic E-state index is 0.119. The van der Waals surface area contributed by atoms with Gasteiger partial charge in [0.05, 0.1) is 18.0 Å². The number of urea groups is 1. The first-order valence-electron chi connectivity index (χ1n) is 11.5. The number of nitrogens with one attached hydrogen (secondary N) is 3. The summed E-state index contributed by atoms with van der Waals surface area (Å²) in [5, 5.41) is 19.8. The van der Waals surface area contributed by atoms with E-state index in [4.69, 9.17) is 4.74 Å². The van der Waals surface area contributed by atoms with Gasteiger partial charge < -0.3 is 15.4 Å². The van der Waals surface area contributed by atoms with Gasteiger partial charge in [-0.3, -0.25) is 0 Å². The maximum Gasteiger partial charge on any atom is 0.323 e. The van der Waals surface area contributed by atoms with E-state index in [2.05, 4.69) is 44.2 Å². The highest BCUT2D eigenvalue weighted by Gasteiger charge is 2.42.